The molecule has 0 saturated carbocycles. The lowest BCUT2D eigenvalue weighted by atomic mass is 9.95. The summed E-state index contributed by atoms with van der Waals surface area (Å²) >= 11 is 7.73. The Bertz CT molecular complexity index is 1150. The monoisotopic (exact) mass is 733 g/mol. The smallest absolute Gasteiger partial charge is 0.283 e. The number of piperidine rings is 2. The number of nitrogens with zero attached hydrogens (tertiary/aromatic N) is 2. The summed E-state index contributed by atoms with van der Waals surface area (Å²) in [5, 5.41) is 2.14. The maximum atomic E-state index is 13.8. The van der Waals surface area contributed by atoms with Crippen LogP contribution in [-0.4, -0.2) is 70.6 Å². The van der Waals surface area contributed by atoms with Crippen LogP contribution in [0.15, 0.2) is 73.0 Å². The number of nitrogens with one attached hydrogen (secondary N) is 1. The van der Waals surface area contributed by atoms with Gasteiger partial charge in [-0.05, 0) is 94.4 Å². The van der Waals surface area contributed by atoms with E-state index in [4.69, 9.17) is 11.6 Å². The first-order valence-electron chi connectivity index (χ1n) is 16.3. The number of aryl methyl sites for hydroxylation is 1. The van der Waals surface area contributed by atoms with Crippen LogP contribution in [0.5, 0.6) is 0 Å². The SMILES string of the molecule is C/C=C(/C=C/S(C)(C)N[C@H]1CCCN(CC(=O)N2CCCC[C@H]2CCc2cccc(C(F)(F)P)c2)C1=O)SC(C)Cl.C=C.C=C.CC. The van der Waals surface area contributed by atoms with Gasteiger partial charge in [-0.3, -0.25) is 14.3 Å². The zero-order chi connectivity index (χ0) is 36.2. The van der Waals surface area contributed by atoms with Crippen molar-refractivity contribution in [3.63, 3.8) is 0 Å². The van der Waals surface area contributed by atoms with Gasteiger partial charge in [-0.2, -0.15) is 19.0 Å². The van der Waals surface area contributed by atoms with Crippen molar-refractivity contribution in [2.75, 3.05) is 32.1 Å². The van der Waals surface area contributed by atoms with E-state index in [0.29, 0.717) is 25.9 Å². The van der Waals surface area contributed by atoms with Gasteiger partial charge in [0.05, 0.1) is 17.3 Å². The van der Waals surface area contributed by atoms with Gasteiger partial charge in [-0.15, -0.1) is 49.7 Å². The Kier molecular flexibility index (Phi) is 22.8. The highest BCUT2D eigenvalue weighted by Gasteiger charge is 2.34. The van der Waals surface area contributed by atoms with E-state index in [1.165, 1.54) is 6.07 Å². The number of allylic oxidation sites excluding steroid dienone is 2. The van der Waals surface area contributed by atoms with Crippen LogP contribution >= 0.6 is 42.8 Å². The molecule has 1 aromatic carbocycles. The topological polar surface area (TPSA) is 52.7 Å². The Labute approximate surface area is 297 Å². The average molecular weight is 734 g/mol. The standard InChI is InChI=1S/C30H45ClF2N3O2PS2.C2H6.2C2H4/c1-5-26(40-22(2)31)16-19-41(3,4)34-27-13-9-17-35(29(27)38)21-28(37)36-18-7-6-12-25(36)15-14-23-10-8-11-24(20-23)30(32,33)39;3*1-2/h5,8,10-11,16,19-20,22,25,27,34H,6-7,9,12-15,17-18,21,39H2,1-4H3;1-2H3;2*1-2H2/b19-16+,26-5-;;;/t22?,25-,27-;;;/m0.../s1. The van der Waals surface area contributed by atoms with E-state index >= 15 is 0 Å². The second-order valence-corrected chi connectivity index (χ2v) is 17.6. The number of hydrogen-bond donors (Lipinski definition) is 1. The van der Waals surface area contributed by atoms with Crippen molar-refractivity contribution >= 4 is 54.6 Å². The van der Waals surface area contributed by atoms with E-state index in [9.17, 15) is 18.4 Å². The zero-order valence-corrected chi connectivity index (χ0v) is 33.0. The molecule has 4 atom stereocenters. The molecule has 47 heavy (non-hydrogen) atoms. The number of alkyl halides is 3. The fourth-order valence-electron chi connectivity index (χ4n) is 5.39. The molecule has 2 saturated heterocycles. The molecule has 0 aromatic heterocycles. The molecule has 2 unspecified atom stereocenters. The number of thioether (sulfide) groups is 1. The molecule has 1 N–H and O–H groups in total. The Morgan fingerprint density at radius 3 is 2.43 bits per heavy atom. The fraction of sp³-hybridized carbons (Fsp3) is 0.556. The first-order valence-corrected chi connectivity index (χ1v) is 20.7. The molecule has 2 fully saturated rings. The summed E-state index contributed by atoms with van der Waals surface area (Å²) in [6.07, 6.45) is 14.1. The van der Waals surface area contributed by atoms with Crippen LogP contribution in [0.3, 0.4) is 0 Å². The van der Waals surface area contributed by atoms with Gasteiger partial charge in [0.25, 0.3) is 5.66 Å². The Balaban J connectivity index is 0.00000333. The lowest BCUT2D eigenvalue weighted by Gasteiger charge is -2.40. The number of amides is 2. The molecule has 3 rings (SSSR count). The van der Waals surface area contributed by atoms with Crippen molar-refractivity contribution in [3.05, 3.63) is 84.2 Å². The van der Waals surface area contributed by atoms with Gasteiger partial charge in [0.15, 0.2) is 0 Å². The molecule has 5 nitrogen and oxygen atoms in total. The van der Waals surface area contributed by atoms with Crippen molar-refractivity contribution in [1.29, 1.82) is 0 Å². The van der Waals surface area contributed by atoms with Crippen molar-refractivity contribution < 1.29 is 18.4 Å². The minimum Gasteiger partial charge on any atom is -0.338 e. The van der Waals surface area contributed by atoms with Crippen molar-refractivity contribution in [2.24, 2.45) is 0 Å². The highest BCUT2D eigenvalue weighted by atomic mass is 35.5. The first kappa shape index (κ1) is 45.4. The van der Waals surface area contributed by atoms with E-state index in [0.717, 1.165) is 42.6 Å². The summed E-state index contributed by atoms with van der Waals surface area (Å²) in [7, 11) is 0.191. The molecule has 2 aliphatic heterocycles. The average Bonchev–Trinajstić information content (AvgIpc) is 3.06. The Morgan fingerprint density at radius 1 is 1.17 bits per heavy atom. The molecular weight excluding hydrogens is 675 g/mol. The van der Waals surface area contributed by atoms with E-state index < -0.39 is 15.9 Å². The van der Waals surface area contributed by atoms with Gasteiger partial charge in [-0.25, -0.2) is 0 Å². The van der Waals surface area contributed by atoms with Crippen LogP contribution in [0.4, 0.5) is 8.78 Å². The molecule has 0 bridgehead atoms. The number of likely N-dealkylation sites (tertiary alicyclic amines) is 2. The number of hydrogen-bond acceptors (Lipinski definition) is 4. The fourth-order valence-corrected chi connectivity index (χ4v) is 8.14. The van der Waals surface area contributed by atoms with Gasteiger partial charge < -0.3 is 9.80 Å². The maximum absolute atomic E-state index is 13.8. The molecule has 2 heterocycles. The third-order valence-electron chi connectivity index (χ3n) is 7.48. The molecule has 0 radical (unpaired) electrons. The maximum Gasteiger partial charge on any atom is 0.283 e. The molecular formula is C36H59ClF2N3O2PS2. The second kappa shape index (κ2) is 23.7. The van der Waals surface area contributed by atoms with Gasteiger partial charge in [-0.1, -0.05) is 47.4 Å². The number of benzene rings is 1. The zero-order valence-electron chi connectivity index (χ0n) is 29.4. The Morgan fingerprint density at radius 2 is 1.83 bits per heavy atom. The molecule has 0 aliphatic carbocycles. The summed E-state index contributed by atoms with van der Waals surface area (Å²) in [6.45, 7) is 21.3. The lowest BCUT2D eigenvalue weighted by molar-refractivity contribution is -0.145. The van der Waals surface area contributed by atoms with Crippen molar-refractivity contribution in [1.82, 2.24) is 14.5 Å². The number of carbonyl (C=O) groups is 2. The van der Waals surface area contributed by atoms with Crippen LogP contribution in [0.25, 0.3) is 0 Å². The quantitative estimate of drug-likeness (QED) is 0.101. The Hall–Kier alpha value is -1.64. The van der Waals surface area contributed by atoms with Crippen molar-refractivity contribution in [3.8, 4) is 0 Å². The van der Waals surface area contributed by atoms with Crippen LogP contribution < -0.4 is 4.72 Å². The minimum atomic E-state index is -2.96. The number of rotatable bonds is 12. The highest BCUT2D eigenvalue weighted by molar-refractivity contribution is 8.33. The number of halogens is 3. The van der Waals surface area contributed by atoms with Gasteiger partial charge >= 0.3 is 0 Å². The lowest BCUT2D eigenvalue weighted by Crippen LogP contribution is -2.55. The third kappa shape index (κ3) is 16.5. The summed E-state index contributed by atoms with van der Waals surface area (Å²) in [5.41, 5.74) is -2.13. The van der Waals surface area contributed by atoms with Gasteiger partial charge in [0, 0.05) is 29.6 Å². The molecule has 1 aromatic rings. The summed E-state index contributed by atoms with van der Waals surface area (Å²) in [5.74, 6) is -0.0392. The summed E-state index contributed by atoms with van der Waals surface area (Å²) in [6, 6.07) is 6.24. The van der Waals surface area contributed by atoms with Crippen LogP contribution in [0, 0.1) is 0 Å². The van der Waals surface area contributed by atoms with Crippen LogP contribution in [-0.2, 0) is 21.7 Å². The summed E-state index contributed by atoms with van der Waals surface area (Å²) < 4.78 is 31.1. The summed E-state index contributed by atoms with van der Waals surface area (Å²) in [4.78, 5) is 31.7. The predicted octanol–water partition coefficient (Wildman–Crippen LogP) is 9.85. The highest BCUT2D eigenvalue weighted by Crippen LogP contribution is 2.40. The molecule has 2 aliphatic rings. The van der Waals surface area contributed by atoms with Gasteiger partial charge in [0.2, 0.25) is 11.8 Å². The minimum absolute atomic E-state index is 0.0164. The normalized spacial score (nSPS) is 19.8. The van der Waals surface area contributed by atoms with Crippen LogP contribution in [0.1, 0.15) is 77.3 Å². The second-order valence-electron chi connectivity index (χ2n) is 11.2. The molecule has 0 spiro atoms. The van der Waals surface area contributed by atoms with E-state index in [1.807, 2.05) is 44.7 Å². The first-order chi connectivity index (χ1) is 22.3. The largest absolute Gasteiger partial charge is 0.338 e. The van der Waals surface area contributed by atoms with Gasteiger partial charge in [0.1, 0.15) is 0 Å². The molecule has 268 valence electrons. The van der Waals surface area contributed by atoms with E-state index in [-0.39, 0.29) is 40.7 Å². The number of carbonyl (C=O) groups excluding carboxylic acids is 2. The van der Waals surface area contributed by atoms with E-state index in [2.05, 4.69) is 55.0 Å². The van der Waals surface area contributed by atoms with Crippen molar-refractivity contribution in [2.45, 2.75) is 95.1 Å². The predicted molar refractivity (Wildman–Crippen MR) is 210 cm³/mol. The van der Waals surface area contributed by atoms with Crippen LogP contribution in [0.2, 0.25) is 0 Å². The molecule has 2 amide bonds. The third-order valence-corrected chi connectivity index (χ3v) is 10.8. The van der Waals surface area contributed by atoms with E-state index in [1.54, 1.807) is 38.0 Å². The molecule has 11 heteroatoms.